The maximum Gasteiger partial charge on any atom is 0.407 e. The van der Waals surface area contributed by atoms with Gasteiger partial charge in [-0.25, -0.2) is 4.79 Å². The fraction of sp³-hybridized carbons (Fsp3) is 0.464. The number of carboxylic acid groups (broad SMARTS) is 1. The summed E-state index contributed by atoms with van der Waals surface area (Å²) in [6.07, 6.45) is 3.88. The molecule has 0 heterocycles. The van der Waals surface area contributed by atoms with Gasteiger partial charge >= 0.3 is 12.1 Å². The van der Waals surface area contributed by atoms with Crippen LogP contribution in [-0.2, 0) is 14.3 Å². The van der Waals surface area contributed by atoms with E-state index >= 15 is 0 Å². The zero-order valence-electron chi connectivity index (χ0n) is 20.0. The summed E-state index contributed by atoms with van der Waals surface area (Å²) in [4.78, 5) is 37.7. The Morgan fingerprint density at radius 1 is 1.03 bits per heavy atom. The number of rotatable bonds is 8. The van der Waals surface area contributed by atoms with Crippen LogP contribution < -0.4 is 10.6 Å². The third kappa shape index (κ3) is 4.64. The molecule has 35 heavy (non-hydrogen) atoms. The Morgan fingerprint density at radius 2 is 1.66 bits per heavy atom. The second kappa shape index (κ2) is 9.36. The number of hydrogen-bond acceptors (Lipinski definition) is 4. The zero-order chi connectivity index (χ0) is 24.6. The van der Waals surface area contributed by atoms with E-state index in [1.165, 1.54) is 0 Å². The first-order valence-corrected chi connectivity index (χ1v) is 12.5. The lowest BCUT2D eigenvalue weighted by molar-refractivity contribution is -0.149. The topological polar surface area (TPSA) is 105 Å². The van der Waals surface area contributed by atoms with Gasteiger partial charge in [-0.3, -0.25) is 9.59 Å². The van der Waals surface area contributed by atoms with E-state index in [-0.39, 0.29) is 18.4 Å². The van der Waals surface area contributed by atoms with Gasteiger partial charge in [-0.2, -0.15) is 0 Å². The van der Waals surface area contributed by atoms with Crippen molar-refractivity contribution >= 4 is 18.0 Å². The van der Waals surface area contributed by atoms with Crippen LogP contribution in [0.4, 0.5) is 4.79 Å². The average Bonchev–Trinajstić information content (AvgIpc) is 3.51. The van der Waals surface area contributed by atoms with Gasteiger partial charge in [-0.05, 0) is 54.4 Å². The van der Waals surface area contributed by atoms with Crippen molar-refractivity contribution in [2.75, 3.05) is 6.61 Å². The minimum atomic E-state index is -0.983. The third-order valence-corrected chi connectivity index (χ3v) is 7.98. The van der Waals surface area contributed by atoms with Crippen molar-refractivity contribution in [2.24, 2.45) is 11.3 Å². The molecule has 184 valence electrons. The van der Waals surface area contributed by atoms with Crippen LogP contribution in [-0.4, -0.2) is 41.8 Å². The van der Waals surface area contributed by atoms with Gasteiger partial charge in [0.05, 0.1) is 5.41 Å². The number of carboxylic acids is 1. The molecule has 2 fully saturated rings. The Labute approximate surface area is 205 Å². The summed E-state index contributed by atoms with van der Waals surface area (Å²) in [5, 5.41) is 15.4. The summed E-state index contributed by atoms with van der Waals surface area (Å²) in [6, 6.07) is 15.1. The quantitative estimate of drug-likeness (QED) is 0.522. The summed E-state index contributed by atoms with van der Waals surface area (Å²) in [6.45, 7) is 1.86. The van der Waals surface area contributed by atoms with Crippen molar-refractivity contribution in [2.45, 2.75) is 63.5 Å². The van der Waals surface area contributed by atoms with Gasteiger partial charge in [-0.1, -0.05) is 67.8 Å². The van der Waals surface area contributed by atoms with E-state index in [2.05, 4.69) is 34.9 Å². The molecule has 2 amide bonds. The minimum Gasteiger partial charge on any atom is -0.481 e. The van der Waals surface area contributed by atoms with Gasteiger partial charge in [0.1, 0.15) is 12.6 Å². The Hall–Kier alpha value is -3.35. The lowest BCUT2D eigenvalue weighted by Crippen LogP contribution is -2.54. The molecule has 5 rings (SSSR count). The first-order chi connectivity index (χ1) is 16.9. The van der Waals surface area contributed by atoms with Crippen LogP contribution in [0.1, 0.15) is 62.5 Å². The molecule has 7 heteroatoms. The zero-order valence-corrected chi connectivity index (χ0v) is 20.0. The molecule has 0 radical (unpaired) electrons. The Balaban J connectivity index is 1.24. The summed E-state index contributed by atoms with van der Waals surface area (Å²) in [7, 11) is 0. The number of carbonyl (C=O) groups is 3. The van der Waals surface area contributed by atoms with Crippen molar-refractivity contribution < 1.29 is 24.2 Å². The molecule has 0 bridgehead atoms. The number of alkyl carbamates (subject to hydrolysis) is 1. The van der Waals surface area contributed by atoms with Gasteiger partial charge < -0.3 is 20.5 Å². The molecule has 3 atom stereocenters. The van der Waals surface area contributed by atoms with E-state index in [0.29, 0.717) is 25.2 Å². The van der Waals surface area contributed by atoms with Crippen molar-refractivity contribution in [3.05, 3.63) is 59.7 Å². The fourth-order valence-electron chi connectivity index (χ4n) is 5.63. The molecule has 0 aromatic heterocycles. The van der Waals surface area contributed by atoms with Crippen molar-refractivity contribution in [3.8, 4) is 11.1 Å². The minimum absolute atomic E-state index is 0.0568. The SMILES string of the molecule is CC1(C(=O)O)CCCC1NC(=O)[C@H](CC1CC1)NC(=O)OCC1c2ccccc2-c2ccccc21. The predicted molar refractivity (Wildman–Crippen MR) is 131 cm³/mol. The molecule has 3 N–H and O–H groups in total. The highest BCUT2D eigenvalue weighted by Crippen LogP contribution is 2.44. The van der Waals surface area contributed by atoms with Crippen LogP contribution >= 0.6 is 0 Å². The third-order valence-electron chi connectivity index (χ3n) is 7.98. The molecule has 7 nitrogen and oxygen atoms in total. The van der Waals surface area contributed by atoms with Crippen molar-refractivity contribution in [3.63, 3.8) is 0 Å². The maximum atomic E-state index is 13.1. The molecule has 0 saturated heterocycles. The van der Waals surface area contributed by atoms with E-state index in [1.54, 1.807) is 6.92 Å². The number of benzene rings is 2. The van der Waals surface area contributed by atoms with Crippen LogP contribution in [0.3, 0.4) is 0 Å². The van der Waals surface area contributed by atoms with Crippen LogP contribution in [0, 0.1) is 11.3 Å². The summed E-state index contributed by atoms with van der Waals surface area (Å²) in [5.41, 5.74) is 3.58. The first-order valence-electron chi connectivity index (χ1n) is 12.5. The highest BCUT2D eigenvalue weighted by molar-refractivity contribution is 5.87. The highest BCUT2D eigenvalue weighted by atomic mass is 16.5. The molecule has 0 aliphatic heterocycles. The molecule has 2 aromatic rings. The molecule has 2 aromatic carbocycles. The van der Waals surface area contributed by atoms with Gasteiger partial charge in [0.25, 0.3) is 0 Å². The maximum absolute atomic E-state index is 13.1. The lowest BCUT2D eigenvalue weighted by atomic mass is 9.84. The van der Waals surface area contributed by atoms with Crippen LogP contribution in [0.5, 0.6) is 0 Å². The summed E-state index contributed by atoms with van der Waals surface area (Å²) < 4.78 is 5.65. The monoisotopic (exact) mass is 476 g/mol. The first kappa shape index (κ1) is 23.4. The number of ether oxygens (including phenoxy) is 1. The van der Waals surface area contributed by atoms with Gasteiger partial charge in [0.15, 0.2) is 0 Å². The second-order valence-electron chi connectivity index (χ2n) is 10.4. The predicted octanol–water partition coefficient (Wildman–Crippen LogP) is 4.45. The average molecular weight is 477 g/mol. The van der Waals surface area contributed by atoms with Crippen LogP contribution in [0.15, 0.2) is 48.5 Å². The van der Waals surface area contributed by atoms with E-state index in [4.69, 9.17) is 4.74 Å². The standard InChI is InChI=1S/C28H32N2O5/c1-28(26(32)33)14-6-11-24(28)30-25(31)23(15-17-12-13-17)29-27(34)35-16-22-20-9-4-2-7-18(20)19-8-3-5-10-21(19)22/h2-5,7-10,17,22-24H,6,11-16H2,1H3,(H,29,34)(H,30,31)(H,32,33)/t23-,24?,28?/m0/s1. The second-order valence-corrected chi connectivity index (χ2v) is 10.4. The Morgan fingerprint density at radius 3 is 2.26 bits per heavy atom. The molecule has 2 unspecified atom stereocenters. The largest absolute Gasteiger partial charge is 0.481 e. The van der Waals surface area contributed by atoms with Crippen molar-refractivity contribution in [1.82, 2.24) is 10.6 Å². The van der Waals surface area contributed by atoms with Gasteiger partial charge in [-0.15, -0.1) is 0 Å². The van der Waals surface area contributed by atoms with E-state index in [9.17, 15) is 19.5 Å². The van der Waals surface area contributed by atoms with E-state index in [1.807, 2.05) is 24.3 Å². The normalized spacial score (nSPS) is 23.7. The Kier molecular flexibility index (Phi) is 6.26. The van der Waals surface area contributed by atoms with E-state index in [0.717, 1.165) is 41.5 Å². The van der Waals surface area contributed by atoms with E-state index < -0.39 is 29.6 Å². The fourth-order valence-corrected chi connectivity index (χ4v) is 5.63. The highest BCUT2D eigenvalue weighted by Gasteiger charge is 2.46. The van der Waals surface area contributed by atoms with Crippen LogP contribution in [0.2, 0.25) is 0 Å². The number of hydrogen-bond donors (Lipinski definition) is 3. The van der Waals surface area contributed by atoms with Gasteiger partial charge in [0.2, 0.25) is 5.91 Å². The molecular formula is C28H32N2O5. The molecule has 3 aliphatic carbocycles. The van der Waals surface area contributed by atoms with Crippen molar-refractivity contribution in [1.29, 1.82) is 0 Å². The molecule has 3 aliphatic rings. The smallest absolute Gasteiger partial charge is 0.407 e. The van der Waals surface area contributed by atoms with Gasteiger partial charge in [0, 0.05) is 12.0 Å². The number of aliphatic carboxylic acids is 1. The number of carbonyl (C=O) groups excluding carboxylic acids is 2. The molecule has 0 spiro atoms. The number of fused-ring (bicyclic) bond motifs is 3. The molecular weight excluding hydrogens is 444 g/mol. The molecule has 2 saturated carbocycles. The Bertz CT molecular complexity index is 1100. The number of amides is 2. The summed E-state index contributed by atoms with van der Waals surface area (Å²) >= 11 is 0. The summed E-state index contributed by atoms with van der Waals surface area (Å²) in [5.74, 6) is -0.888. The number of nitrogens with one attached hydrogen (secondary N) is 2. The lowest BCUT2D eigenvalue weighted by Gasteiger charge is -2.29. The van der Waals surface area contributed by atoms with Crippen LogP contribution in [0.25, 0.3) is 11.1 Å².